The third kappa shape index (κ3) is 6.18. The first-order valence-corrected chi connectivity index (χ1v) is 11.7. The molecule has 0 bridgehead atoms. The zero-order valence-corrected chi connectivity index (χ0v) is 18.6. The zero-order chi connectivity index (χ0) is 21.9. The smallest absolute Gasteiger partial charge is 0.267 e. The molecule has 0 saturated carbocycles. The molecule has 1 aliphatic heterocycles. The highest BCUT2D eigenvalue weighted by Gasteiger charge is 2.28. The lowest BCUT2D eigenvalue weighted by Gasteiger charge is -2.35. The molecule has 1 fully saturated rings. The summed E-state index contributed by atoms with van der Waals surface area (Å²) in [5, 5.41) is 9.62. The van der Waals surface area contributed by atoms with E-state index in [-0.39, 0.29) is 23.3 Å². The lowest BCUT2D eigenvalue weighted by molar-refractivity contribution is 0.0953. The van der Waals surface area contributed by atoms with Crippen LogP contribution in [0.4, 0.5) is 5.69 Å². The number of para-hydroxylation sites is 1. The minimum Gasteiger partial charge on any atom is -0.316 e. The van der Waals surface area contributed by atoms with Crippen LogP contribution in [-0.2, 0) is 6.54 Å². The van der Waals surface area contributed by atoms with E-state index in [1.165, 1.54) is 0 Å². The van der Waals surface area contributed by atoms with Crippen LogP contribution in [0.25, 0.3) is 0 Å². The second kappa shape index (κ2) is 12.2. The SMILES string of the molecule is C=S(C1CCB(C#N)CC1)N(Cc1ccc(C(=O)NN)cn1)c1ccccc1.CC. The predicted molar refractivity (Wildman–Crippen MR) is 129 cm³/mol. The number of benzene rings is 1. The fourth-order valence-electron chi connectivity index (χ4n) is 3.43. The quantitative estimate of drug-likeness (QED) is 0.240. The van der Waals surface area contributed by atoms with Gasteiger partial charge in [0.05, 0.1) is 17.8 Å². The van der Waals surface area contributed by atoms with Crippen LogP contribution in [0.5, 0.6) is 0 Å². The summed E-state index contributed by atoms with van der Waals surface area (Å²) >= 11 is 0. The van der Waals surface area contributed by atoms with Crippen molar-refractivity contribution in [1.82, 2.24) is 10.4 Å². The minimum atomic E-state index is -0.356. The Morgan fingerprint density at radius 1 is 1.30 bits per heavy atom. The number of nitrogen functional groups attached to an aromatic ring is 1. The zero-order valence-electron chi connectivity index (χ0n) is 17.8. The Kier molecular flexibility index (Phi) is 9.58. The standard InChI is InChI=1S/C20H24BN5OS.C2H6/c1-28(19-9-11-21(15-22)12-10-19)26(18-5-3-2-4-6-18)14-17-8-7-16(13-24-17)20(27)25-23;1-2/h2-8,13,19H,1,9-12,14,23H2,(H,25,27);1-2H3. The number of pyridine rings is 1. The number of rotatable bonds is 6. The summed E-state index contributed by atoms with van der Waals surface area (Å²) in [7, 11) is -0.244. The van der Waals surface area contributed by atoms with E-state index in [0.29, 0.717) is 17.4 Å². The highest BCUT2D eigenvalue weighted by molar-refractivity contribution is 8.15. The number of nitrogens with zero attached hydrogens (tertiary/aromatic N) is 3. The molecule has 0 aliphatic carbocycles. The second-order valence-electron chi connectivity index (χ2n) is 6.89. The van der Waals surface area contributed by atoms with E-state index in [4.69, 9.17) is 11.1 Å². The molecule has 2 aromatic rings. The number of hydrogen-bond acceptors (Lipinski definition) is 5. The van der Waals surface area contributed by atoms with Gasteiger partial charge in [-0.1, -0.05) is 61.2 Å². The monoisotopic (exact) mass is 423 g/mol. The van der Waals surface area contributed by atoms with E-state index in [0.717, 1.165) is 36.9 Å². The molecule has 3 rings (SSSR count). The number of hydrogen-bond donors (Lipinski definition) is 2. The van der Waals surface area contributed by atoms with Crippen molar-refractivity contribution in [2.45, 2.75) is 51.1 Å². The number of nitrogens with one attached hydrogen (secondary N) is 1. The van der Waals surface area contributed by atoms with Crippen LogP contribution < -0.4 is 15.6 Å². The van der Waals surface area contributed by atoms with E-state index >= 15 is 0 Å². The minimum absolute atomic E-state index is 0.182. The van der Waals surface area contributed by atoms with Crippen molar-refractivity contribution in [3.63, 3.8) is 0 Å². The van der Waals surface area contributed by atoms with Gasteiger partial charge in [-0.2, -0.15) is 0 Å². The number of nitrogens with two attached hydrogens (primary N) is 1. The number of carbonyl (C=O) groups is 1. The molecule has 158 valence electrons. The molecule has 30 heavy (non-hydrogen) atoms. The summed E-state index contributed by atoms with van der Waals surface area (Å²) in [6, 6.07) is 13.8. The first-order chi connectivity index (χ1) is 14.6. The van der Waals surface area contributed by atoms with Crippen LogP contribution in [0.2, 0.25) is 12.6 Å². The summed E-state index contributed by atoms with van der Waals surface area (Å²) in [5.74, 6) is 11.7. The molecular weight excluding hydrogens is 393 g/mol. The number of aromatic nitrogens is 1. The van der Waals surface area contributed by atoms with Gasteiger partial charge in [0, 0.05) is 23.1 Å². The number of amides is 1. The van der Waals surface area contributed by atoms with E-state index in [1.54, 1.807) is 12.3 Å². The summed E-state index contributed by atoms with van der Waals surface area (Å²) in [4.78, 5) is 16.1. The fourth-order valence-corrected chi connectivity index (χ4v) is 5.30. The molecule has 1 amide bonds. The highest BCUT2D eigenvalue weighted by Crippen LogP contribution is 2.39. The Bertz CT molecular complexity index is 861. The lowest BCUT2D eigenvalue weighted by atomic mass is 9.43. The summed E-state index contributed by atoms with van der Waals surface area (Å²) in [6.07, 6.45) is 5.49. The van der Waals surface area contributed by atoms with Crippen molar-refractivity contribution in [3.05, 3.63) is 59.9 Å². The van der Waals surface area contributed by atoms with Gasteiger partial charge in [0.2, 0.25) is 0 Å². The molecule has 1 aromatic carbocycles. The van der Waals surface area contributed by atoms with Gasteiger partial charge in [0.1, 0.15) is 0 Å². The first kappa shape index (κ1) is 23.7. The molecule has 1 saturated heterocycles. The van der Waals surface area contributed by atoms with E-state index in [2.05, 4.69) is 38.7 Å². The lowest BCUT2D eigenvalue weighted by Crippen LogP contribution is -2.30. The highest BCUT2D eigenvalue weighted by atomic mass is 32.2. The van der Waals surface area contributed by atoms with Crippen LogP contribution in [0, 0.1) is 11.2 Å². The van der Waals surface area contributed by atoms with Crippen LogP contribution >= 0.6 is 10.7 Å². The van der Waals surface area contributed by atoms with Gasteiger partial charge < -0.3 is 4.31 Å². The normalized spacial score (nSPS) is 14.7. The Morgan fingerprint density at radius 3 is 2.50 bits per heavy atom. The maximum Gasteiger partial charge on any atom is 0.267 e. The van der Waals surface area contributed by atoms with Gasteiger partial charge in [-0.25, -0.2) is 11.1 Å². The van der Waals surface area contributed by atoms with Crippen LogP contribution in [0.1, 0.15) is 42.7 Å². The van der Waals surface area contributed by atoms with E-state index in [1.807, 2.05) is 38.1 Å². The fraction of sp³-hybridized carbons (Fsp3) is 0.364. The molecule has 2 heterocycles. The first-order valence-electron chi connectivity index (χ1n) is 10.3. The van der Waals surface area contributed by atoms with Crippen LogP contribution in [0.15, 0.2) is 48.7 Å². The average molecular weight is 423 g/mol. The third-order valence-electron chi connectivity index (χ3n) is 5.09. The molecule has 1 aliphatic rings. The molecule has 8 heteroatoms. The molecule has 0 spiro atoms. The van der Waals surface area contributed by atoms with Gasteiger partial charge in [-0.3, -0.25) is 15.2 Å². The van der Waals surface area contributed by atoms with Crippen molar-refractivity contribution < 1.29 is 4.79 Å². The molecule has 1 aromatic heterocycles. The summed E-state index contributed by atoms with van der Waals surface area (Å²) in [5.41, 5.74) is 4.52. The Labute approximate surface area is 182 Å². The molecule has 6 nitrogen and oxygen atoms in total. The maximum absolute atomic E-state index is 11.6. The average Bonchev–Trinajstić information content (AvgIpc) is 2.84. The number of nitriles is 1. The molecule has 1 atom stereocenters. The summed E-state index contributed by atoms with van der Waals surface area (Å²) < 4.78 is 2.29. The number of carbonyl (C=O) groups excluding carboxylic acids is 1. The van der Waals surface area contributed by atoms with Crippen molar-refractivity contribution in [1.29, 1.82) is 5.26 Å². The van der Waals surface area contributed by atoms with E-state index < -0.39 is 0 Å². The second-order valence-corrected chi connectivity index (χ2v) is 8.80. The van der Waals surface area contributed by atoms with Crippen LogP contribution in [0.3, 0.4) is 0 Å². The van der Waals surface area contributed by atoms with E-state index in [9.17, 15) is 4.79 Å². The van der Waals surface area contributed by atoms with Crippen molar-refractivity contribution in [3.8, 4) is 5.97 Å². The van der Waals surface area contributed by atoms with Gasteiger partial charge in [-0.15, -0.1) is 0 Å². The summed E-state index contributed by atoms with van der Waals surface area (Å²) in [6.45, 7) is 4.79. The Morgan fingerprint density at radius 2 is 1.97 bits per heavy atom. The topological polar surface area (TPSA) is 95.0 Å². The number of anilines is 1. The van der Waals surface area contributed by atoms with Gasteiger partial charge in [-0.05, 0) is 37.1 Å². The molecule has 3 N–H and O–H groups in total. The molecular formula is C22H30BN5OS. The Hall–Kier alpha value is -2.63. The van der Waals surface area contributed by atoms with Gasteiger partial charge in [0.15, 0.2) is 0 Å². The van der Waals surface area contributed by atoms with Gasteiger partial charge >= 0.3 is 0 Å². The van der Waals surface area contributed by atoms with Gasteiger partial charge in [0.25, 0.3) is 12.6 Å². The predicted octanol–water partition coefficient (Wildman–Crippen LogP) is 4.05. The maximum atomic E-state index is 11.6. The van der Waals surface area contributed by atoms with Crippen molar-refractivity contribution in [2.75, 3.05) is 4.31 Å². The van der Waals surface area contributed by atoms with Crippen LogP contribution in [-0.4, -0.2) is 28.7 Å². The van der Waals surface area contributed by atoms with Crippen molar-refractivity contribution >= 4 is 34.8 Å². The molecule has 0 radical (unpaired) electrons. The third-order valence-corrected chi connectivity index (χ3v) is 7.24. The number of hydrazine groups is 1. The Balaban J connectivity index is 0.00000155. The van der Waals surface area contributed by atoms with Crippen molar-refractivity contribution in [2.24, 2.45) is 5.84 Å². The largest absolute Gasteiger partial charge is 0.316 e. The molecule has 1 unspecified atom stereocenters.